The average Bonchev–Trinajstić information content (AvgIpc) is 3.38. The Balaban J connectivity index is 1.56. The minimum absolute atomic E-state index is 0.204. The first-order valence-corrected chi connectivity index (χ1v) is 13.6. The molecule has 208 valence electrons. The van der Waals surface area contributed by atoms with Crippen molar-refractivity contribution in [2.75, 3.05) is 7.11 Å². The molecule has 1 saturated carbocycles. The van der Waals surface area contributed by atoms with Crippen LogP contribution in [0.5, 0.6) is 0 Å². The second kappa shape index (κ2) is 10.1. The van der Waals surface area contributed by atoms with E-state index in [0.717, 1.165) is 5.57 Å². The lowest BCUT2D eigenvalue weighted by Crippen LogP contribution is -2.57. The number of aliphatic hydroxyl groups is 2. The number of aliphatic hydroxyl groups excluding tert-OH is 2. The molecule has 2 fully saturated rings. The Morgan fingerprint density at radius 1 is 1.29 bits per heavy atom. The number of hydrogen-bond donors (Lipinski definition) is 3. The first-order chi connectivity index (χ1) is 18.0. The van der Waals surface area contributed by atoms with Gasteiger partial charge in [0.25, 0.3) is 0 Å². The summed E-state index contributed by atoms with van der Waals surface area (Å²) in [4.78, 5) is 28.8. The molecule has 1 aromatic rings. The van der Waals surface area contributed by atoms with E-state index in [4.69, 9.17) is 30.5 Å². The number of H-pyrrole nitrogens is 1. The maximum Gasteiger partial charge on any atom is 0.355 e. The lowest BCUT2D eigenvalue weighted by atomic mass is 9.57. The van der Waals surface area contributed by atoms with Crippen LogP contribution in [0.2, 0.25) is 5.15 Å². The van der Waals surface area contributed by atoms with Gasteiger partial charge in [0.2, 0.25) is 0 Å². The average molecular weight is 550 g/mol. The standard InChI is InChI=1S/C28H36ClNO8/c1-12-10-13(2)28-16(11-19(35-5)27(34)36-23(12)15(4)31)6-7-17-21(28)22(32)14(3)24(25(17)38-28)37-26(33)18-8-9-20(29)30-18/h6-10,12,14-17,19,21-25,30-32H,11H2,1-5H3/b13-10+/t12-,14-,15-,16-,17-,19+,21+,22-,23+,24-,25-,28+/m1/s1. The van der Waals surface area contributed by atoms with Gasteiger partial charge in [0, 0.05) is 36.7 Å². The number of aromatic nitrogens is 1. The van der Waals surface area contributed by atoms with Crippen LogP contribution < -0.4 is 0 Å². The van der Waals surface area contributed by atoms with Crippen LogP contribution in [0.1, 0.15) is 44.6 Å². The number of cyclic esters (lactones) is 1. The summed E-state index contributed by atoms with van der Waals surface area (Å²) in [6, 6.07) is 3.13. The van der Waals surface area contributed by atoms with E-state index < -0.39 is 60.1 Å². The van der Waals surface area contributed by atoms with Gasteiger partial charge in [0.15, 0.2) is 6.10 Å². The normalized spacial score (nSPS) is 44.4. The molecule has 12 atom stereocenters. The Kier molecular flexibility index (Phi) is 7.28. The molecule has 0 unspecified atom stereocenters. The maximum atomic E-state index is 13.1. The highest BCUT2D eigenvalue weighted by Gasteiger charge is 2.69. The fourth-order valence-corrected chi connectivity index (χ4v) is 7.34. The summed E-state index contributed by atoms with van der Waals surface area (Å²) >= 11 is 5.95. The molecule has 9 nitrogen and oxygen atoms in total. The number of rotatable bonds is 4. The molecule has 3 N–H and O–H groups in total. The zero-order chi connectivity index (χ0) is 27.5. The molecular weight excluding hydrogens is 514 g/mol. The molecule has 4 bridgehead atoms. The number of hydrogen-bond acceptors (Lipinski definition) is 8. The highest BCUT2D eigenvalue weighted by molar-refractivity contribution is 6.29. The Labute approximate surface area is 227 Å². The summed E-state index contributed by atoms with van der Waals surface area (Å²) in [5.41, 5.74) is 0.144. The van der Waals surface area contributed by atoms with Crippen LogP contribution in [0.4, 0.5) is 0 Å². The lowest BCUT2D eigenvalue weighted by molar-refractivity contribution is -0.172. The summed E-state index contributed by atoms with van der Waals surface area (Å²) in [6.45, 7) is 7.30. The van der Waals surface area contributed by atoms with Crippen molar-refractivity contribution in [2.45, 2.75) is 76.3 Å². The third-order valence-electron chi connectivity index (χ3n) is 8.99. The topological polar surface area (TPSA) is 127 Å². The quantitative estimate of drug-likeness (QED) is 0.386. The molecule has 1 saturated heterocycles. The SMILES string of the molecule is CO[C@H]1C[C@H]2C=C[C@H]3[C@H]4O[C@]2(/C(C)=C/[C@@H](C)[C@@H]([C@@H](C)O)OC1=O)[C@@H]3[C@H](O)[C@@H](C)[C@H]4OC(=O)c1ccc(Cl)[nH]1. The molecule has 3 heterocycles. The third-order valence-corrected chi connectivity index (χ3v) is 9.21. The van der Waals surface area contributed by atoms with Crippen molar-refractivity contribution in [2.24, 2.45) is 29.6 Å². The van der Waals surface area contributed by atoms with Gasteiger partial charge >= 0.3 is 11.9 Å². The number of esters is 2. The van der Waals surface area contributed by atoms with E-state index in [0.29, 0.717) is 5.15 Å². The number of carbonyl (C=O) groups is 2. The molecule has 5 rings (SSSR count). The van der Waals surface area contributed by atoms with E-state index in [2.05, 4.69) is 4.98 Å². The molecule has 10 heteroatoms. The Hall–Kier alpha value is -2.17. The first kappa shape index (κ1) is 27.4. The summed E-state index contributed by atoms with van der Waals surface area (Å²) in [7, 11) is 1.45. The van der Waals surface area contributed by atoms with Crippen LogP contribution in [0.15, 0.2) is 35.9 Å². The zero-order valence-corrected chi connectivity index (χ0v) is 22.9. The van der Waals surface area contributed by atoms with Gasteiger partial charge in [-0.3, -0.25) is 0 Å². The zero-order valence-electron chi connectivity index (χ0n) is 22.2. The molecule has 1 aromatic heterocycles. The van der Waals surface area contributed by atoms with Crippen LogP contribution in [-0.4, -0.2) is 76.5 Å². The van der Waals surface area contributed by atoms with Crippen molar-refractivity contribution in [3.63, 3.8) is 0 Å². The minimum atomic E-state index is -0.958. The van der Waals surface area contributed by atoms with Gasteiger partial charge in [-0.15, -0.1) is 0 Å². The summed E-state index contributed by atoms with van der Waals surface area (Å²) in [6.07, 6.45) is 1.66. The highest BCUT2D eigenvalue weighted by Crippen LogP contribution is 2.61. The lowest BCUT2D eigenvalue weighted by Gasteiger charge is -2.48. The van der Waals surface area contributed by atoms with Crippen molar-refractivity contribution < 1.29 is 38.7 Å². The Morgan fingerprint density at radius 2 is 2.03 bits per heavy atom. The van der Waals surface area contributed by atoms with Gasteiger partial charge in [-0.05, 0) is 38.0 Å². The largest absolute Gasteiger partial charge is 0.457 e. The molecule has 1 spiro atoms. The van der Waals surface area contributed by atoms with Gasteiger partial charge in [-0.1, -0.05) is 43.7 Å². The highest BCUT2D eigenvalue weighted by atomic mass is 35.5. The van der Waals surface area contributed by atoms with Crippen LogP contribution in [-0.2, 0) is 23.7 Å². The molecule has 38 heavy (non-hydrogen) atoms. The van der Waals surface area contributed by atoms with Crippen molar-refractivity contribution in [3.05, 3.63) is 46.8 Å². The van der Waals surface area contributed by atoms with E-state index in [1.807, 2.05) is 39.0 Å². The van der Waals surface area contributed by atoms with Gasteiger partial charge in [0.1, 0.15) is 34.8 Å². The van der Waals surface area contributed by atoms with Crippen molar-refractivity contribution in [3.8, 4) is 0 Å². The molecule has 4 aliphatic rings. The van der Waals surface area contributed by atoms with Crippen molar-refractivity contribution >= 4 is 23.5 Å². The van der Waals surface area contributed by atoms with E-state index >= 15 is 0 Å². The van der Waals surface area contributed by atoms with Crippen molar-refractivity contribution in [1.82, 2.24) is 4.98 Å². The number of aromatic amines is 1. The van der Waals surface area contributed by atoms with Gasteiger partial charge in [0.05, 0.1) is 12.2 Å². The van der Waals surface area contributed by atoms with Crippen LogP contribution in [0.25, 0.3) is 0 Å². The fourth-order valence-electron chi connectivity index (χ4n) is 7.17. The van der Waals surface area contributed by atoms with Crippen molar-refractivity contribution in [1.29, 1.82) is 0 Å². The Morgan fingerprint density at radius 3 is 2.66 bits per heavy atom. The maximum absolute atomic E-state index is 13.1. The fraction of sp³-hybridized carbons (Fsp3) is 0.643. The summed E-state index contributed by atoms with van der Waals surface area (Å²) < 4.78 is 24.1. The summed E-state index contributed by atoms with van der Waals surface area (Å²) in [5, 5.41) is 22.5. The molecular formula is C28H36ClNO8. The minimum Gasteiger partial charge on any atom is -0.457 e. The Bertz CT molecular complexity index is 1150. The van der Waals surface area contributed by atoms with Gasteiger partial charge in [-0.25, -0.2) is 9.59 Å². The number of nitrogens with one attached hydrogen (secondary N) is 1. The molecule has 2 aliphatic carbocycles. The van der Waals surface area contributed by atoms with E-state index in [1.54, 1.807) is 19.1 Å². The van der Waals surface area contributed by atoms with Gasteiger partial charge in [-0.2, -0.15) is 0 Å². The van der Waals surface area contributed by atoms with E-state index in [9.17, 15) is 19.8 Å². The number of ether oxygens (including phenoxy) is 4. The second-order valence-corrected chi connectivity index (χ2v) is 11.6. The molecule has 0 aromatic carbocycles. The monoisotopic (exact) mass is 549 g/mol. The van der Waals surface area contributed by atoms with Crippen LogP contribution >= 0.6 is 11.6 Å². The summed E-state index contributed by atoms with van der Waals surface area (Å²) in [5.74, 6) is -2.70. The molecule has 0 amide bonds. The van der Waals surface area contributed by atoms with Crippen LogP contribution in [0, 0.1) is 29.6 Å². The first-order valence-electron chi connectivity index (χ1n) is 13.2. The van der Waals surface area contributed by atoms with Crippen LogP contribution in [0.3, 0.4) is 0 Å². The predicted octanol–water partition coefficient (Wildman–Crippen LogP) is 3.05. The number of carbonyl (C=O) groups excluding carboxylic acids is 2. The van der Waals surface area contributed by atoms with E-state index in [-0.39, 0.29) is 35.8 Å². The third kappa shape index (κ3) is 4.23. The predicted molar refractivity (Wildman–Crippen MR) is 137 cm³/mol. The molecule has 2 aliphatic heterocycles. The van der Waals surface area contributed by atoms with E-state index in [1.165, 1.54) is 7.11 Å². The molecule has 0 radical (unpaired) electrons. The van der Waals surface area contributed by atoms with Gasteiger partial charge < -0.3 is 34.1 Å². The second-order valence-electron chi connectivity index (χ2n) is 11.2. The number of halogens is 1. The number of methoxy groups -OCH3 is 1. The smallest absolute Gasteiger partial charge is 0.355 e.